The molecule has 2 rings (SSSR count). The van der Waals surface area contributed by atoms with Gasteiger partial charge in [0.15, 0.2) is 0 Å². The molecule has 0 bridgehead atoms. The number of halogens is 1. The smallest absolute Gasteiger partial charge is 0.308 e. The van der Waals surface area contributed by atoms with Gasteiger partial charge in [0, 0.05) is 0 Å². The zero-order chi connectivity index (χ0) is 11.2. The van der Waals surface area contributed by atoms with Crippen LogP contribution in [0.5, 0.6) is 0 Å². The molecular formula is C10H13BrN2O2. The van der Waals surface area contributed by atoms with Gasteiger partial charge in [-0.1, -0.05) is 0 Å². The van der Waals surface area contributed by atoms with Crippen LogP contribution in [-0.2, 0) is 4.79 Å². The predicted octanol–water partition coefficient (Wildman–Crippen LogP) is 2.30. The van der Waals surface area contributed by atoms with E-state index in [1.165, 1.54) is 0 Å². The Hall–Kier alpha value is -0.840. The van der Waals surface area contributed by atoms with Crippen molar-refractivity contribution in [3.8, 4) is 0 Å². The van der Waals surface area contributed by atoms with E-state index < -0.39 is 5.97 Å². The highest BCUT2D eigenvalue weighted by Crippen LogP contribution is 2.40. The van der Waals surface area contributed by atoms with Gasteiger partial charge in [0.2, 0.25) is 0 Å². The summed E-state index contributed by atoms with van der Waals surface area (Å²) >= 11 is 3.45. The van der Waals surface area contributed by atoms with E-state index in [1.54, 1.807) is 0 Å². The van der Waals surface area contributed by atoms with E-state index in [9.17, 15) is 4.79 Å². The molecule has 1 aromatic heterocycles. The van der Waals surface area contributed by atoms with E-state index in [4.69, 9.17) is 5.11 Å². The molecule has 1 fully saturated rings. The lowest BCUT2D eigenvalue weighted by atomic mass is 9.79. The summed E-state index contributed by atoms with van der Waals surface area (Å²) in [6, 6.07) is 0.0347. The van der Waals surface area contributed by atoms with E-state index in [0.29, 0.717) is 0 Å². The zero-order valence-electron chi connectivity index (χ0n) is 8.70. The fourth-order valence-electron chi connectivity index (χ4n) is 2.03. The second-order valence-corrected chi connectivity index (χ2v) is 4.81. The highest BCUT2D eigenvalue weighted by Gasteiger charge is 2.39. The van der Waals surface area contributed by atoms with Crippen LogP contribution in [0, 0.1) is 19.8 Å². The number of carboxylic acid groups (broad SMARTS) is 1. The number of carbonyl (C=O) groups is 1. The summed E-state index contributed by atoms with van der Waals surface area (Å²) in [5, 5.41) is 13.4. The number of nitrogens with zero attached hydrogens (tertiary/aromatic N) is 2. The molecule has 1 N–H and O–H groups in total. The van der Waals surface area contributed by atoms with Crippen molar-refractivity contribution in [1.82, 2.24) is 9.78 Å². The molecule has 1 saturated carbocycles. The highest BCUT2D eigenvalue weighted by atomic mass is 79.9. The molecular weight excluding hydrogens is 260 g/mol. The molecule has 1 heterocycles. The number of hydrogen-bond donors (Lipinski definition) is 1. The minimum absolute atomic E-state index is 0.0347. The van der Waals surface area contributed by atoms with Gasteiger partial charge in [-0.15, -0.1) is 0 Å². The average Bonchev–Trinajstić information content (AvgIpc) is 2.31. The average molecular weight is 273 g/mol. The molecule has 1 aromatic rings. The Morgan fingerprint density at radius 1 is 1.53 bits per heavy atom. The van der Waals surface area contributed by atoms with Crippen LogP contribution in [0.4, 0.5) is 0 Å². The summed E-state index contributed by atoms with van der Waals surface area (Å²) in [5.41, 5.74) is 1.94. The largest absolute Gasteiger partial charge is 0.481 e. The van der Waals surface area contributed by atoms with Crippen molar-refractivity contribution in [3.05, 3.63) is 15.9 Å². The van der Waals surface area contributed by atoms with E-state index in [1.807, 2.05) is 18.5 Å². The van der Waals surface area contributed by atoms with Gasteiger partial charge in [0.05, 0.1) is 27.8 Å². The van der Waals surface area contributed by atoms with Crippen LogP contribution in [0.3, 0.4) is 0 Å². The Morgan fingerprint density at radius 2 is 2.20 bits per heavy atom. The Labute approximate surface area is 96.4 Å². The van der Waals surface area contributed by atoms with Crippen molar-refractivity contribution in [3.63, 3.8) is 0 Å². The van der Waals surface area contributed by atoms with Crippen molar-refractivity contribution in [2.75, 3.05) is 0 Å². The van der Waals surface area contributed by atoms with Crippen molar-refractivity contribution < 1.29 is 9.90 Å². The number of aliphatic carboxylic acids is 1. The van der Waals surface area contributed by atoms with Gasteiger partial charge in [0.1, 0.15) is 0 Å². The summed E-state index contributed by atoms with van der Waals surface area (Å²) in [5.74, 6) is -0.982. The van der Waals surface area contributed by atoms with E-state index >= 15 is 0 Å². The third-order valence-corrected chi connectivity index (χ3v) is 4.25. The van der Waals surface area contributed by atoms with Gasteiger partial charge >= 0.3 is 5.97 Å². The van der Waals surface area contributed by atoms with Crippen molar-refractivity contribution in [2.45, 2.75) is 32.7 Å². The Kier molecular flexibility index (Phi) is 2.58. The molecule has 2 atom stereocenters. The predicted molar refractivity (Wildman–Crippen MR) is 58.8 cm³/mol. The fraction of sp³-hybridized carbons (Fsp3) is 0.600. The normalized spacial score (nSPS) is 25.0. The van der Waals surface area contributed by atoms with Gasteiger partial charge in [-0.3, -0.25) is 9.48 Å². The number of hydrogen-bond acceptors (Lipinski definition) is 2. The number of aryl methyl sites for hydroxylation is 1. The van der Waals surface area contributed by atoms with Gasteiger partial charge in [0.25, 0.3) is 0 Å². The third kappa shape index (κ3) is 1.58. The van der Waals surface area contributed by atoms with E-state index in [0.717, 1.165) is 28.7 Å². The molecule has 4 nitrogen and oxygen atoms in total. The summed E-state index contributed by atoms with van der Waals surface area (Å²) in [6.07, 6.45) is 1.67. The van der Waals surface area contributed by atoms with Crippen LogP contribution in [0.1, 0.15) is 30.3 Å². The summed E-state index contributed by atoms with van der Waals surface area (Å²) in [7, 11) is 0. The summed E-state index contributed by atoms with van der Waals surface area (Å²) < 4.78 is 2.83. The monoisotopic (exact) mass is 272 g/mol. The second-order valence-electron chi connectivity index (χ2n) is 4.02. The molecule has 0 radical (unpaired) electrons. The molecule has 0 amide bonds. The molecule has 5 heteroatoms. The first kappa shape index (κ1) is 10.7. The standard InChI is InChI=1S/C10H13BrN2O2/c1-5-9(11)6(2)13(12-5)8-4-3-7(8)10(14)15/h7-8H,3-4H2,1-2H3,(H,14,15). The first-order chi connectivity index (χ1) is 7.02. The van der Waals surface area contributed by atoms with Gasteiger partial charge in [-0.05, 0) is 42.6 Å². The maximum absolute atomic E-state index is 10.9. The molecule has 0 aromatic carbocycles. The topological polar surface area (TPSA) is 55.1 Å². The molecule has 1 aliphatic rings. The minimum atomic E-state index is -0.713. The lowest BCUT2D eigenvalue weighted by molar-refractivity contribution is -0.147. The third-order valence-electron chi connectivity index (χ3n) is 3.11. The zero-order valence-corrected chi connectivity index (χ0v) is 10.3. The number of rotatable bonds is 2. The molecule has 1 aliphatic carbocycles. The van der Waals surface area contributed by atoms with Crippen LogP contribution in [0.15, 0.2) is 4.47 Å². The Bertz CT molecular complexity index is 414. The van der Waals surface area contributed by atoms with Crippen molar-refractivity contribution in [1.29, 1.82) is 0 Å². The number of aromatic nitrogens is 2. The Balaban J connectivity index is 2.31. The lowest BCUT2D eigenvalue weighted by Crippen LogP contribution is -2.35. The summed E-state index contributed by atoms with van der Waals surface area (Å²) in [4.78, 5) is 10.9. The SMILES string of the molecule is Cc1nn(C2CCC2C(=O)O)c(C)c1Br. The van der Waals surface area contributed by atoms with Crippen LogP contribution >= 0.6 is 15.9 Å². The maximum Gasteiger partial charge on any atom is 0.308 e. The number of carboxylic acids is 1. The highest BCUT2D eigenvalue weighted by molar-refractivity contribution is 9.10. The van der Waals surface area contributed by atoms with Crippen LogP contribution < -0.4 is 0 Å². The minimum Gasteiger partial charge on any atom is -0.481 e. The van der Waals surface area contributed by atoms with E-state index in [2.05, 4.69) is 21.0 Å². The van der Waals surface area contributed by atoms with Gasteiger partial charge in [-0.2, -0.15) is 5.10 Å². The van der Waals surface area contributed by atoms with Crippen molar-refractivity contribution in [2.24, 2.45) is 5.92 Å². The molecule has 0 aliphatic heterocycles. The first-order valence-electron chi connectivity index (χ1n) is 4.96. The van der Waals surface area contributed by atoms with Crippen LogP contribution in [0.25, 0.3) is 0 Å². The van der Waals surface area contributed by atoms with Gasteiger partial charge in [-0.25, -0.2) is 0 Å². The van der Waals surface area contributed by atoms with Crippen molar-refractivity contribution >= 4 is 21.9 Å². The molecule has 0 saturated heterocycles. The van der Waals surface area contributed by atoms with Crippen LogP contribution in [0.2, 0.25) is 0 Å². The lowest BCUT2D eigenvalue weighted by Gasteiger charge is -2.34. The first-order valence-corrected chi connectivity index (χ1v) is 5.75. The quantitative estimate of drug-likeness (QED) is 0.899. The molecule has 2 unspecified atom stereocenters. The summed E-state index contributed by atoms with van der Waals surface area (Å²) in [6.45, 7) is 3.88. The maximum atomic E-state index is 10.9. The second kappa shape index (κ2) is 3.63. The van der Waals surface area contributed by atoms with Gasteiger partial charge < -0.3 is 5.11 Å². The molecule has 82 valence electrons. The Morgan fingerprint density at radius 3 is 2.53 bits per heavy atom. The fourth-order valence-corrected chi connectivity index (χ4v) is 2.29. The molecule has 15 heavy (non-hydrogen) atoms. The van der Waals surface area contributed by atoms with E-state index in [-0.39, 0.29) is 12.0 Å². The van der Waals surface area contributed by atoms with Crippen LogP contribution in [-0.4, -0.2) is 20.9 Å². The molecule has 0 spiro atoms.